The van der Waals surface area contributed by atoms with Crippen molar-refractivity contribution in [3.05, 3.63) is 34.9 Å². The van der Waals surface area contributed by atoms with Gasteiger partial charge in [0.2, 0.25) is 0 Å². The summed E-state index contributed by atoms with van der Waals surface area (Å²) >= 11 is 6.38. The van der Waals surface area contributed by atoms with Crippen molar-refractivity contribution in [2.24, 2.45) is 10.7 Å². The monoisotopic (exact) mass is 340 g/mol. The molecule has 0 fully saturated rings. The molecule has 3 N–H and O–H groups in total. The molecular formula is C17H29ClN4O. The molecule has 0 amide bonds. The quantitative estimate of drug-likeness (QED) is 0.536. The lowest BCUT2D eigenvalue weighted by Gasteiger charge is -2.29. The van der Waals surface area contributed by atoms with Gasteiger partial charge in [0.05, 0.1) is 19.2 Å². The topological polar surface area (TPSA) is 62.9 Å². The van der Waals surface area contributed by atoms with Gasteiger partial charge in [0.25, 0.3) is 0 Å². The predicted molar refractivity (Wildman–Crippen MR) is 98.1 cm³/mol. The van der Waals surface area contributed by atoms with Crippen LogP contribution in [0.3, 0.4) is 0 Å². The molecule has 0 bridgehead atoms. The smallest absolute Gasteiger partial charge is 0.188 e. The fourth-order valence-electron chi connectivity index (χ4n) is 2.59. The molecule has 1 aromatic carbocycles. The number of aliphatic imine (C=N–C) groups is 1. The third-order valence-electron chi connectivity index (χ3n) is 3.76. The minimum absolute atomic E-state index is 0.108. The summed E-state index contributed by atoms with van der Waals surface area (Å²) < 4.78 is 5.09. The maximum absolute atomic E-state index is 6.38. The minimum atomic E-state index is 0.108. The maximum Gasteiger partial charge on any atom is 0.188 e. The molecule has 1 aromatic rings. The van der Waals surface area contributed by atoms with Gasteiger partial charge in [-0.3, -0.25) is 9.89 Å². The SMILES string of the molecule is CCN(CC)C(CN=C(N)NC(C)COC)c1ccccc1Cl. The summed E-state index contributed by atoms with van der Waals surface area (Å²) in [4.78, 5) is 6.84. The molecule has 0 aromatic heterocycles. The van der Waals surface area contributed by atoms with Gasteiger partial charge in [-0.05, 0) is 31.6 Å². The normalized spacial score (nSPS) is 14.8. The average molecular weight is 341 g/mol. The molecule has 23 heavy (non-hydrogen) atoms. The van der Waals surface area contributed by atoms with Gasteiger partial charge in [0.1, 0.15) is 0 Å². The molecule has 0 aliphatic carbocycles. The predicted octanol–water partition coefficient (Wildman–Crippen LogP) is 2.66. The minimum Gasteiger partial charge on any atom is -0.383 e. The summed E-state index contributed by atoms with van der Waals surface area (Å²) in [6.45, 7) is 9.27. The highest BCUT2D eigenvalue weighted by Gasteiger charge is 2.20. The van der Waals surface area contributed by atoms with Gasteiger partial charge < -0.3 is 15.8 Å². The summed E-state index contributed by atoms with van der Waals surface area (Å²) in [6, 6.07) is 8.14. The number of methoxy groups -OCH3 is 1. The zero-order valence-corrected chi connectivity index (χ0v) is 15.3. The molecule has 5 nitrogen and oxygen atoms in total. The van der Waals surface area contributed by atoms with Crippen LogP contribution in [0.2, 0.25) is 5.02 Å². The Bertz CT molecular complexity index is 491. The zero-order chi connectivity index (χ0) is 17.2. The van der Waals surface area contributed by atoms with E-state index in [9.17, 15) is 0 Å². The lowest BCUT2D eigenvalue weighted by atomic mass is 10.1. The van der Waals surface area contributed by atoms with E-state index in [1.165, 1.54) is 0 Å². The van der Waals surface area contributed by atoms with Crippen LogP contribution in [0.15, 0.2) is 29.3 Å². The second-order valence-corrected chi connectivity index (χ2v) is 5.89. The second kappa shape index (κ2) is 10.5. The van der Waals surface area contributed by atoms with Crippen LogP contribution in [-0.4, -0.2) is 50.3 Å². The Morgan fingerprint density at radius 2 is 2.00 bits per heavy atom. The summed E-state index contributed by atoms with van der Waals surface area (Å²) in [6.07, 6.45) is 0. The summed E-state index contributed by atoms with van der Waals surface area (Å²) in [5.41, 5.74) is 7.07. The van der Waals surface area contributed by atoms with Gasteiger partial charge in [0, 0.05) is 18.2 Å². The molecule has 2 atom stereocenters. The van der Waals surface area contributed by atoms with E-state index in [1.54, 1.807) is 7.11 Å². The molecule has 0 heterocycles. The number of benzene rings is 1. The highest BCUT2D eigenvalue weighted by Crippen LogP contribution is 2.27. The first-order chi connectivity index (χ1) is 11.0. The lowest BCUT2D eigenvalue weighted by Crippen LogP contribution is -2.41. The number of halogens is 1. The van der Waals surface area contributed by atoms with E-state index in [-0.39, 0.29) is 12.1 Å². The number of ether oxygens (including phenoxy) is 1. The number of hydrogen-bond donors (Lipinski definition) is 2. The largest absolute Gasteiger partial charge is 0.383 e. The fraction of sp³-hybridized carbons (Fsp3) is 0.588. The summed E-state index contributed by atoms with van der Waals surface area (Å²) in [5, 5.41) is 3.89. The molecule has 0 radical (unpaired) electrons. The first-order valence-electron chi connectivity index (χ1n) is 8.07. The van der Waals surface area contributed by atoms with Gasteiger partial charge >= 0.3 is 0 Å². The van der Waals surface area contributed by atoms with E-state index in [2.05, 4.69) is 35.1 Å². The van der Waals surface area contributed by atoms with Crippen molar-refractivity contribution in [2.75, 3.05) is 33.4 Å². The van der Waals surface area contributed by atoms with Crippen LogP contribution in [-0.2, 0) is 4.74 Å². The van der Waals surface area contributed by atoms with Crippen molar-refractivity contribution in [3.8, 4) is 0 Å². The van der Waals surface area contributed by atoms with Crippen LogP contribution in [0.25, 0.3) is 0 Å². The Labute approximate surface area is 144 Å². The maximum atomic E-state index is 6.38. The van der Waals surface area contributed by atoms with Crippen molar-refractivity contribution in [1.82, 2.24) is 10.2 Å². The van der Waals surface area contributed by atoms with Crippen LogP contribution in [0.1, 0.15) is 32.4 Å². The van der Waals surface area contributed by atoms with Crippen molar-refractivity contribution in [2.45, 2.75) is 32.9 Å². The van der Waals surface area contributed by atoms with E-state index in [0.717, 1.165) is 23.7 Å². The molecule has 0 saturated carbocycles. The van der Waals surface area contributed by atoms with E-state index in [0.29, 0.717) is 19.1 Å². The van der Waals surface area contributed by atoms with Crippen LogP contribution in [0.5, 0.6) is 0 Å². The summed E-state index contributed by atoms with van der Waals surface area (Å²) in [7, 11) is 1.67. The average Bonchev–Trinajstić information content (AvgIpc) is 2.52. The number of hydrogen-bond acceptors (Lipinski definition) is 3. The standard InChI is InChI=1S/C17H29ClN4O/c1-5-22(6-2)16(14-9-7-8-10-15(14)18)11-20-17(19)21-13(3)12-23-4/h7-10,13,16H,5-6,11-12H2,1-4H3,(H3,19,20,21). The van der Waals surface area contributed by atoms with Crippen LogP contribution >= 0.6 is 11.6 Å². The lowest BCUT2D eigenvalue weighted by molar-refractivity contribution is 0.179. The Hall–Kier alpha value is -1.30. The number of nitrogens with one attached hydrogen (secondary N) is 1. The van der Waals surface area contributed by atoms with Gasteiger partial charge in [0.15, 0.2) is 5.96 Å². The number of rotatable bonds is 9. The third kappa shape index (κ3) is 6.37. The van der Waals surface area contributed by atoms with Crippen LogP contribution < -0.4 is 11.1 Å². The Morgan fingerprint density at radius 1 is 1.35 bits per heavy atom. The number of nitrogens with two attached hydrogens (primary N) is 1. The Kier molecular flexibility index (Phi) is 8.99. The molecule has 2 unspecified atom stereocenters. The first-order valence-corrected chi connectivity index (χ1v) is 8.45. The molecule has 0 aliphatic rings. The third-order valence-corrected chi connectivity index (χ3v) is 4.11. The van der Waals surface area contributed by atoms with E-state index in [1.807, 2.05) is 25.1 Å². The molecule has 0 aliphatic heterocycles. The van der Waals surface area contributed by atoms with Crippen molar-refractivity contribution >= 4 is 17.6 Å². The van der Waals surface area contributed by atoms with Crippen LogP contribution in [0.4, 0.5) is 0 Å². The highest BCUT2D eigenvalue weighted by atomic mass is 35.5. The molecule has 6 heteroatoms. The van der Waals surface area contributed by atoms with Crippen LogP contribution in [0, 0.1) is 0 Å². The number of nitrogens with zero attached hydrogens (tertiary/aromatic N) is 2. The van der Waals surface area contributed by atoms with Gasteiger partial charge in [-0.1, -0.05) is 43.6 Å². The van der Waals surface area contributed by atoms with Crippen molar-refractivity contribution in [3.63, 3.8) is 0 Å². The number of guanidine groups is 1. The van der Waals surface area contributed by atoms with E-state index < -0.39 is 0 Å². The second-order valence-electron chi connectivity index (χ2n) is 5.49. The zero-order valence-electron chi connectivity index (χ0n) is 14.6. The van der Waals surface area contributed by atoms with Gasteiger partial charge in [-0.25, -0.2) is 0 Å². The first kappa shape index (κ1) is 19.7. The molecule has 130 valence electrons. The van der Waals surface area contributed by atoms with E-state index in [4.69, 9.17) is 22.1 Å². The molecular weight excluding hydrogens is 312 g/mol. The number of likely N-dealkylation sites (N-methyl/N-ethyl adjacent to an activating group) is 1. The van der Waals surface area contributed by atoms with Crippen molar-refractivity contribution < 1.29 is 4.74 Å². The summed E-state index contributed by atoms with van der Waals surface area (Å²) in [5.74, 6) is 0.429. The Balaban J connectivity index is 2.88. The fourth-order valence-corrected chi connectivity index (χ4v) is 2.86. The van der Waals surface area contributed by atoms with Crippen molar-refractivity contribution in [1.29, 1.82) is 0 Å². The Morgan fingerprint density at radius 3 is 2.57 bits per heavy atom. The van der Waals surface area contributed by atoms with Gasteiger partial charge in [-0.15, -0.1) is 0 Å². The molecule has 1 rings (SSSR count). The molecule has 0 spiro atoms. The highest BCUT2D eigenvalue weighted by molar-refractivity contribution is 6.31. The van der Waals surface area contributed by atoms with E-state index >= 15 is 0 Å². The molecule has 0 saturated heterocycles. The van der Waals surface area contributed by atoms with Gasteiger partial charge in [-0.2, -0.15) is 0 Å².